The van der Waals surface area contributed by atoms with Gasteiger partial charge < -0.3 is 10.1 Å². The van der Waals surface area contributed by atoms with E-state index in [2.05, 4.69) is 37.4 Å². The smallest absolute Gasteiger partial charge is 0.189 e. The van der Waals surface area contributed by atoms with E-state index >= 15 is 0 Å². The maximum Gasteiger partial charge on any atom is 0.189 e. The van der Waals surface area contributed by atoms with Gasteiger partial charge in [-0.1, -0.05) is 59.9 Å². The lowest BCUT2D eigenvalue weighted by Gasteiger charge is -2.26. The van der Waals surface area contributed by atoms with Crippen LogP contribution in [0.25, 0.3) is 28.0 Å². The highest BCUT2D eigenvalue weighted by atomic mass is 32.1. The summed E-state index contributed by atoms with van der Waals surface area (Å²) < 4.78 is 7.35. The summed E-state index contributed by atoms with van der Waals surface area (Å²) in [5.41, 5.74) is 3.82. The van der Waals surface area contributed by atoms with Crippen molar-refractivity contribution in [3.05, 3.63) is 78.1 Å². The molecule has 0 radical (unpaired) electrons. The van der Waals surface area contributed by atoms with E-state index in [-0.39, 0.29) is 0 Å². The van der Waals surface area contributed by atoms with Gasteiger partial charge in [-0.2, -0.15) is 5.10 Å². The Kier molecular flexibility index (Phi) is 5.72. The van der Waals surface area contributed by atoms with Crippen molar-refractivity contribution in [2.24, 2.45) is 0 Å². The second kappa shape index (κ2) is 9.30. The summed E-state index contributed by atoms with van der Waals surface area (Å²) >= 11 is 1.66. The molecular weight excluding hydrogens is 446 g/mol. The molecule has 0 atom stereocenters. The molecule has 5 aromatic rings. The lowest BCUT2D eigenvalue weighted by molar-refractivity contribution is 0.0347. The number of hydrogen-bond donors (Lipinski definition) is 1. The molecule has 34 heavy (non-hydrogen) atoms. The van der Waals surface area contributed by atoms with Gasteiger partial charge in [0.25, 0.3) is 0 Å². The number of hydrogen-bond acceptors (Lipinski definition) is 8. The number of ether oxygens (including phenoxy) is 1. The molecule has 1 saturated heterocycles. The Balaban J connectivity index is 1.35. The monoisotopic (exact) mass is 469 g/mol. The number of benzene rings is 2. The van der Waals surface area contributed by atoms with Crippen LogP contribution in [0.1, 0.15) is 4.88 Å². The van der Waals surface area contributed by atoms with Crippen LogP contribution in [0.3, 0.4) is 0 Å². The molecule has 0 bridgehead atoms. The van der Waals surface area contributed by atoms with Crippen molar-refractivity contribution >= 4 is 33.3 Å². The van der Waals surface area contributed by atoms with Gasteiger partial charge in [0.1, 0.15) is 12.1 Å². The summed E-state index contributed by atoms with van der Waals surface area (Å²) in [6.45, 7) is 4.25. The topological polar surface area (TPSA) is 81.0 Å². The highest BCUT2D eigenvalue weighted by molar-refractivity contribution is 7.16. The van der Waals surface area contributed by atoms with Gasteiger partial charge in [-0.15, -0.1) is 0 Å². The molecule has 1 fully saturated rings. The number of anilines is 2. The predicted molar refractivity (Wildman–Crippen MR) is 134 cm³/mol. The Hall–Kier alpha value is -3.66. The molecule has 9 heteroatoms. The fraction of sp³-hybridized carbons (Fsp3) is 0.200. The van der Waals surface area contributed by atoms with E-state index in [4.69, 9.17) is 9.72 Å². The van der Waals surface area contributed by atoms with Crippen molar-refractivity contribution in [1.29, 1.82) is 0 Å². The Morgan fingerprint density at radius 3 is 2.50 bits per heavy atom. The number of rotatable bonds is 6. The Bertz CT molecular complexity index is 1400. The summed E-state index contributed by atoms with van der Waals surface area (Å²) in [5, 5.41) is 9.64. The Morgan fingerprint density at radius 2 is 1.71 bits per heavy atom. The van der Waals surface area contributed by atoms with E-state index in [0.717, 1.165) is 66.0 Å². The van der Waals surface area contributed by atoms with Gasteiger partial charge in [-0.05, 0) is 12.1 Å². The van der Waals surface area contributed by atoms with E-state index < -0.39 is 0 Å². The van der Waals surface area contributed by atoms with Gasteiger partial charge >= 0.3 is 0 Å². The van der Waals surface area contributed by atoms with E-state index in [1.165, 1.54) is 4.88 Å². The van der Waals surface area contributed by atoms with Crippen LogP contribution in [-0.2, 0) is 11.3 Å². The Morgan fingerprint density at radius 1 is 0.941 bits per heavy atom. The molecule has 0 amide bonds. The predicted octanol–water partition coefficient (Wildman–Crippen LogP) is 4.51. The minimum Gasteiger partial charge on any atom is -0.379 e. The van der Waals surface area contributed by atoms with Crippen LogP contribution in [0.4, 0.5) is 10.9 Å². The third-order valence-corrected chi connectivity index (χ3v) is 6.76. The summed E-state index contributed by atoms with van der Waals surface area (Å²) in [5.74, 6) is 0.693. The van der Waals surface area contributed by atoms with E-state index in [1.807, 2.05) is 53.2 Å². The Labute approximate surface area is 200 Å². The van der Waals surface area contributed by atoms with Crippen LogP contribution in [0.5, 0.6) is 0 Å². The maximum atomic E-state index is 5.52. The first kappa shape index (κ1) is 20.9. The van der Waals surface area contributed by atoms with Crippen molar-refractivity contribution in [2.75, 3.05) is 31.6 Å². The van der Waals surface area contributed by atoms with Crippen molar-refractivity contribution in [3.63, 3.8) is 0 Å². The molecule has 1 aliphatic rings. The third-order valence-electron chi connectivity index (χ3n) is 5.81. The van der Waals surface area contributed by atoms with Crippen molar-refractivity contribution in [2.45, 2.75) is 6.54 Å². The summed E-state index contributed by atoms with van der Waals surface area (Å²) in [6, 6.07) is 20.3. The molecule has 2 aromatic carbocycles. The maximum absolute atomic E-state index is 5.52. The van der Waals surface area contributed by atoms with Crippen LogP contribution >= 0.6 is 11.3 Å². The lowest BCUT2D eigenvalue weighted by atomic mass is 10.1. The SMILES string of the molecule is c1ccc(-c2nc(Nc3ncnc4c3cnn4-c3ccccc3)sc2CN2CCOCC2)cc1. The number of fused-ring (bicyclic) bond motifs is 1. The van der Waals surface area contributed by atoms with Gasteiger partial charge in [0.2, 0.25) is 0 Å². The zero-order valence-corrected chi connectivity index (χ0v) is 19.3. The molecule has 4 heterocycles. The largest absolute Gasteiger partial charge is 0.379 e. The van der Waals surface area contributed by atoms with Gasteiger partial charge in [-0.3, -0.25) is 4.90 Å². The van der Waals surface area contributed by atoms with Crippen LogP contribution in [-0.4, -0.2) is 55.9 Å². The van der Waals surface area contributed by atoms with Crippen LogP contribution < -0.4 is 5.32 Å². The fourth-order valence-electron chi connectivity index (χ4n) is 4.10. The minimum absolute atomic E-state index is 0.693. The van der Waals surface area contributed by atoms with Gasteiger partial charge in [0.15, 0.2) is 10.8 Å². The molecule has 1 aliphatic heterocycles. The molecule has 0 aliphatic carbocycles. The number of nitrogens with one attached hydrogen (secondary N) is 1. The molecule has 170 valence electrons. The van der Waals surface area contributed by atoms with Crippen LogP contribution in [0.2, 0.25) is 0 Å². The number of aromatic nitrogens is 5. The average molecular weight is 470 g/mol. The lowest BCUT2D eigenvalue weighted by Crippen LogP contribution is -2.35. The number of morpholine rings is 1. The van der Waals surface area contributed by atoms with E-state index in [9.17, 15) is 0 Å². The molecule has 6 rings (SSSR count). The zero-order chi connectivity index (χ0) is 22.7. The van der Waals surface area contributed by atoms with Crippen molar-refractivity contribution in [3.8, 4) is 16.9 Å². The number of para-hydroxylation sites is 1. The molecule has 0 unspecified atom stereocenters. The van der Waals surface area contributed by atoms with Crippen molar-refractivity contribution in [1.82, 2.24) is 29.6 Å². The first-order valence-electron chi connectivity index (χ1n) is 11.2. The first-order valence-corrected chi connectivity index (χ1v) is 12.0. The molecule has 0 spiro atoms. The summed E-state index contributed by atoms with van der Waals surface area (Å²) in [4.78, 5) is 17.6. The fourth-order valence-corrected chi connectivity index (χ4v) is 5.12. The molecule has 1 N–H and O–H groups in total. The average Bonchev–Trinajstić information content (AvgIpc) is 3.51. The van der Waals surface area contributed by atoms with E-state index in [1.54, 1.807) is 23.9 Å². The summed E-state index contributed by atoms with van der Waals surface area (Å²) in [7, 11) is 0. The van der Waals surface area contributed by atoms with Crippen LogP contribution in [0.15, 0.2) is 73.2 Å². The first-order chi connectivity index (χ1) is 16.8. The molecule has 3 aromatic heterocycles. The zero-order valence-electron chi connectivity index (χ0n) is 18.5. The number of nitrogens with zero attached hydrogens (tertiary/aromatic N) is 6. The third kappa shape index (κ3) is 4.16. The normalized spacial score (nSPS) is 14.5. The van der Waals surface area contributed by atoms with Gasteiger partial charge in [-0.25, -0.2) is 19.6 Å². The molecular formula is C25H23N7OS. The highest BCUT2D eigenvalue weighted by Crippen LogP contribution is 2.34. The summed E-state index contributed by atoms with van der Waals surface area (Å²) in [6.07, 6.45) is 3.36. The van der Waals surface area contributed by atoms with Gasteiger partial charge in [0, 0.05) is 30.1 Å². The highest BCUT2D eigenvalue weighted by Gasteiger charge is 2.19. The number of thiazole rings is 1. The second-order valence-corrected chi connectivity index (χ2v) is 9.11. The second-order valence-electron chi connectivity index (χ2n) is 8.02. The van der Waals surface area contributed by atoms with Crippen LogP contribution in [0, 0.1) is 0 Å². The molecule has 8 nitrogen and oxygen atoms in total. The molecule has 0 saturated carbocycles. The van der Waals surface area contributed by atoms with Gasteiger partial charge in [0.05, 0.1) is 36.2 Å². The quantitative estimate of drug-likeness (QED) is 0.392. The van der Waals surface area contributed by atoms with E-state index in [0.29, 0.717) is 5.82 Å². The minimum atomic E-state index is 0.693. The standard InChI is InChI=1S/C25H23N7OS/c1-3-7-18(8-4-1)22-21(16-31-11-13-33-14-12-31)34-25(29-22)30-23-20-15-28-32(24(20)27-17-26-23)19-9-5-2-6-10-19/h1-10,15,17H,11-14,16H2,(H,26,27,29,30). The van der Waals surface area contributed by atoms with Crippen molar-refractivity contribution < 1.29 is 4.74 Å².